The number of carbonyl (C=O) groups excluding carboxylic acids is 4. The van der Waals surface area contributed by atoms with Gasteiger partial charge in [-0.15, -0.1) is 0 Å². The molecule has 0 aliphatic rings. The van der Waals surface area contributed by atoms with Crippen LogP contribution in [-0.4, -0.2) is 41.5 Å². The predicted molar refractivity (Wildman–Crippen MR) is 105 cm³/mol. The number of ether oxygens (including phenoxy) is 1. The first kappa shape index (κ1) is 23.1. The van der Waals surface area contributed by atoms with Crippen LogP contribution in [0.25, 0.3) is 0 Å². The van der Waals surface area contributed by atoms with Gasteiger partial charge in [-0.2, -0.15) is 0 Å². The van der Waals surface area contributed by atoms with Crippen molar-refractivity contribution in [2.75, 3.05) is 0 Å². The molecule has 8 nitrogen and oxygen atoms in total. The number of urea groups is 1. The van der Waals surface area contributed by atoms with Crippen molar-refractivity contribution in [1.29, 1.82) is 0 Å². The molecule has 0 aliphatic heterocycles. The lowest BCUT2D eigenvalue weighted by atomic mass is 10.0. The SMILES string of the molecule is CC(OC(=O)[C@@H](NC(=O)c1ccccc1)C(C)C)C(=O)NC(=O)NC(C)(C)C. The quantitative estimate of drug-likeness (QED) is 0.642. The summed E-state index contributed by atoms with van der Waals surface area (Å²) in [6, 6.07) is 6.84. The maximum Gasteiger partial charge on any atom is 0.329 e. The van der Waals surface area contributed by atoms with Crippen LogP contribution in [0.3, 0.4) is 0 Å². The van der Waals surface area contributed by atoms with Crippen LogP contribution >= 0.6 is 0 Å². The Kier molecular flexibility index (Phi) is 8.16. The van der Waals surface area contributed by atoms with Gasteiger partial charge in [0.05, 0.1) is 0 Å². The number of hydrogen-bond donors (Lipinski definition) is 3. The van der Waals surface area contributed by atoms with Crippen LogP contribution in [0, 0.1) is 5.92 Å². The molecule has 28 heavy (non-hydrogen) atoms. The van der Waals surface area contributed by atoms with Crippen LogP contribution in [0.15, 0.2) is 30.3 Å². The van der Waals surface area contributed by atoms with E-state index in [0.29, 0.717) is 5.56 Å². The van der Waals surface area contributed by atoms with E-state index in [9.17, 15) is 19.2 Å². The first-order valence-corrected chi connectivity index (χ1v) is 9.10. The Morgan fingerprint density at radius 3 is 2.04 bits per heavy atom. The topological polar surface area (TPSA) is 114 Å². The first-order chi connectivity index (χ1) is 12.9. The van der Waals surface area contributed by atoms with Crippen molar-refractivity contribution in [1.82, 2.24) is 16.0 Å². The van der Waals surface area contributed by atoms with Gasteiger partial charge in [0.2, 0.25) is 0 Å². The fourth-order valence-corrected chi connectivity index (χ4v) is 2.20. The third-order valence-corrected chi connectivity index (χ3v) is 3.63. The zero-order chi connectivity index (χ0) is 21.5. The van der Waals surface area contributed by atoms with E-state index in [1.165, 1.54) is 6.92 Å². The summed E-state index contributed by atoms with van der Waals surface area (Å²) in [4.78, 5) is 48.6. The van der Waals surface area contributed by atoms with Gasteiger partial charge >= 0.3 is 12.0 Å². The van der Waals surface area contributed by atoms with E-state index in [1.54, 1.807) is 65.0 Å². The van der Waals surface area contributed by atoms with Crippen molar-refractivity contribution in [2.24, 2.45) is 5.92 Å². The minimum Gasteiger partial charge on any atom is -0.451 e. The highest BCUT2D eigenvalue weighted by Crippen LogP contribution is 2.08. The van der Waals surface area contributed by atoms with E-state index < -0.39 is 41.5 Å². The summed E-state index contributed by atoms with van der Waals surface area (Å²) in [6.07, 6.45) is -1.20. The van der Waals surface area contributed by atoms with Crippen molar-refractivity contribution in [3.8, 4) is 0 Å². The van der Waals surface area contributed by atoms with Crippen molar-refractivity contribution in [3.05, 3.63) is 35.9 Å². The molecule has 0 saturated heterocycles. The maximum absolute atomic E-state index is 12.5. The van der Waals surface area contributed by atoms with Gasteiger partial charge in [0.25, 0.3) is 11.8 Å². The van der Waals surface area contributed by atoms with Crippen LogP contribution < -0.4 is 16.0 Å². The molecule has 0 bridgehead atoms. The number of rotatable bonds is 6. The zero-order valence-corrected chi connectivity index (χ0v) is 17.2. The Morgan fingerprint density at radius 1 is 0.964 bits per heavy atom. The highest BCUT2D eigenvalue weighted by Gasteiger charge is 2.30. The zero-order valence-electron chi connectivity index (χ0n) is 17.2. The van der Waals surface area contributed by atoms with Crippen LogP contribution in [0.2, 0.25) is 0 Å². The molecule has 0 radical (unpaired) electrons. The van der Waals surface area contributed by atoms with Gasteiger partial charge in [-0.3, -0.25) is 14.9 Å². The molecule has 1 unspecified atom stereocenters. The number of nitrogens with one attached hydrogen (secondary N) is 3. The third-order valence-electron chi connectivity index (χ3n) is 3.63. The Morgan fingerprint density at radius 2 is 1.54 bits per heavy atom. The van der Waals surface area contributed by atoms with E-state index in [4.69, 9.17) is 4.74 Å². The Balaban J connectivity index is 2.69. The van der Waals surface area contributed by atoms with E-state index in [-0.39, 0.29) is 5.92 Å². The molecular weight excluding hydrogens is 362 g/mol. The third kappa shape index (κ3) is 7.77. The fraction of sp³-hybridized carbons (Fsp3) is 0.500. The molecular formula is C20H29N3O5. The number of amides is 4. The number of benzene rings is 1. The monoisotopic (exact) mass is 391 g/mol. The number of imide groups is 1. The van der Waals surface area contributed by atoms with Gasteiger partial charge in [0.1, 0.15) is 6.04 Å². The summed E-state index contributed by atoms with van der Waals surface area (Å²) in [5, 5.41) is 7.32. The highest BCUT2D eigenvalue weighted by atomic mass is 16.5. The molecule has 1 aromatic rings. The summed E-state index contributed by atoms with van der Waals surface area (Å²) in [7, 11) is 0. The summed E-state index contributed by atoms with van der Waals surface area (Å²) in [6.45, 7) is 10.2. The van der Waals surface area contributed by atoms with Crippen LogP contribution in [0.1, 0.15) is 51.9 Å². The smallest absolute Gasteiger partial charge is 0.329 e. The molecule has 0 heterocycles. The van der Waals surface area contributed by atoms with Crippen LogP contribution in [0.4, 0.5) is 4.79 Å². The average Bonchev–Trinajstić information content (AvgIpc) is 2.57. The minimum atomic E-state index is -1.20. The first-order valence-electron chi connectivity index (χ1n) is 9.10. The molecule has 154 valence electrons. The normalized spacial score (nSPS) is 13.2. The summed E-state index contributed by atoms with van der Waals surface area (Å²) in [5.41, 5.74) is -0.111. The molecule has 0 saturated carbocycles. The van der Waals surface area contributed by atoms with Crippen molar-refractivity contribution < 1.29 is 23.9 Å². The summed E-state index contributed by atoms with van der Waals surface area (Å²) in [5.74, 6) is -2.19. The molecule has 8 heteroatoms. The molecule has 0 aromatic heterocycles. The second-order valence-corrected chi connectivity index (χ2v) is 7.83. The van der Waals surface area contributed by atoms with Gasteiger partial charge in [-0.05, 0) is 45.7 Å². The molecule has 2 atom stereocenters. The molecule has 0 fully saturated rings. The van der Waals surface area contributed by atoms with E-state index in [2.05, 4.69) is 16.0 Å². The van der Waals surface area contributed by atoms with Crippen molar-refractivity contribution in [2.45, 2.75) is 59.2 Å². The molecule has 0 aliphatic carbocycles. The van der Waals surface area contributed by atoms with E-state index >= 15 is 0 Å². The molecule has 4 amide bonds. The highest BCUT2D eigenvalue weighted by molar-refractivity contribution is 5.99. The van der Waals surface area contributed by atoms with Gasteiger partial charge in [0, 0.05) is 11.1 Å². The molecule has 0 spiro atoms. The Bertz CT molecular complexity index is 710. The standard InChI is InChI=1S/C20H29N3O5/c1-12(2)15(21-17(25)14-10-8-7-9-11-14)18(26)28-13(3)16(24)22-19(27)23-20(4,5)6/h7-13,15H,1-6H3,(H,21,25)(H2,22,23,24,27)/t13?,15-/m0/s1. The van der Waals surface area contributed by atoms with Crippen molar-refractivity contribution >= 4 is 23.8 Å². The van der Waals surface area contributed by atoms with Gasteiger partial charge in [-0.25, -0.2) is 9.59 Å². The lowest BCUT2D eigenvalue weighted by Crippen LogP contribution is -2.52. The van der Waals surface area contributed by atoms with Crippen molar-refractivity contribution in [3.63, 3.8) is 0 Å². The Hall–Kier alpha value is -2.90. The summed E-state index contributed by atoms with van der Waals surface area (Å²) >= 11 is 0. The van der Waals surface area contributed by atoms with Gasteiger partial charge in [-0.1, -0.05) is 32.0 Å². The predicted octanol–water partition coefficient (Wildman–Crippen LogP) is 2.00. The largest absolute Gasteiger partial charge is 0.451 e. The fourth-order valence-electron chi connectivity index (χ4n) is 2.20. The Labute approximate surface area is 165 Å². The number of carbonyl (C=O) groups is 4. The number of esters is 1. The second kappa shape index (κ2) is 9.87. The minimum absolute atomic E-state index is 0.264. The van der Waals surface area contributed by atoms with Gasteiger partial charge in [0.15, 0.2) is 6.10 Å². The number of hydrogen-bond acceptors (Lipinski definition) is 5. The van der Waals surface area contributed by atoms with E-state index in [1.807, 2.05) is 0 Å². The van der Waals surface area contributed by atoms with Crippen LogP contribution in [0.5, 0.6) is 0 Å². The van der Waals surface area contributed by atoms with E-state index in [0.717, 1.165) is 0 Å². The second-order valence-electron chi connectivity index (χ2n) is 7.83. The van der Waals surface area contributed by atoms with Crippen LogP contribution in [-0.2, 0) is 14.3 Å². The molecule has 1 aromatic carbocycles. The summed E-state index contributed by atoms with van der Waals surface area (Å²) < 4.78 is 5.16. The molecule has 1 rings (SSSR count). The average molecular weight is 391 g/mol. The lowest BCUT2D eigenvalue weighted by Gasteiger charge is -2.24. The van der Waals surface area contributed by atoms with Gasteiger partial charge < -0.3 is 15.4 Å². The lowest BCUT2D eigenvalue weighted by molar-refractivity contribution is -0.157. The molecule has 3 N–H and O–H groups in total. The maximum atomic E-state index is 12.5.